The second-order valence-corrected chi connectivity index (χ2v) is 7.15. The van der Waals surface area contributed by atoms with Crippen LogP contribution in [-0.4, -0.2) is 46.1 Å². The molecule has 1 aliphatic carbocycles. The minimum Gasteiger partial charge on any atom is -0.339 e. The molecule has 118 valence electrons. The van der Waals surface area contributed by atoms with Crippen LogP contribution < -0.4 is 0 Å². The number of hydrogen-bond donors (Lipinski definition) is 0. The maximum Gasteiger partial charge on any atom is 0.229 e. The second kappa shape index (κ2) is 6.10. The summed E-state index contributed by atoms with van der Waals surface area (Å²) in [7, 11) is 0. The summed E-state index contributed by atoms with van der Waals surface area (Å²) < 4.78 is 5.34. The lowest BCUT2D eigenvalue weighted by Gasteiger charge is -2.37. The first-order chi connectivity index (χ1) is 10.8. The molecule has 1 saturated heterocycles. The largest absolute Gasteiger partial charge is 0.339 e. The van der Waals surface area contributed by atoms with Gasteiger partial charge in [-0.05, 0) is 42.2 Å². The fraction of sp³-hybridized carbons (Fsp3) is 0.625. The highest BCUT2D eigenvalue weighted by atomic mass is 32.1. The molecule has 0 spiro atoms. The Morgan fingerprint density at radius 2 is 2.14 bits per heavy atom. The number of aromatic nitrogens is 2. The number of rotatable bonds is 5. The van der Waals surface area contributed by atoms with Crippen LogP contribution >= 0.6 is 11.3 Å². The zero-order valence-corrected chi connectivity index (χ0v) is 13.8. The quantitative estimate of drug-likeness (QED) is 0.848. The molecule has 0 radical (unpaired) electrons. The molecule has 0 N–H and O–H groups in total. The van der Waals surface area contributed by atoms with Crippen molar-refractivity contribution in [1.82, 2.24) is 19.9 Å². The van der Waals surface area contributed by atoms with Gasteiger partial charge in [-0.25, -0.2) is 0 Å². The van der Waals surface area contributed by atoms with Crippen LogP contribution in [0, 0.1) is 0 Å². The molecule has 0 aromatic carbocycles. The molecule has 3 heterocycles. The summed E-state index contributed by atoms with van der Waals surface area (Å²) in [5.74, 6) is 2.24. The summed E-state index contributed by atoms with van der Waals surface area (Å²) in [4.78, 5) is 9.52. The molecule has 2 aromatic rings. The molecule has 4 rings (SSSR count). The van der Waals surface area contributed by atoms with Gasteiger partial charge in [0.1, 0.15) is 0 Å². The van der Waals surface area contributed by atoms with Crippen molar-refractivity contribution in [2.45, 2.75) is 38.3 Å². The average Bonchev–Trinajstić information content (AvgIpc) is 3.06. The summed E-state index contributed by atoms with van der Waals surface area (Å²) in [6.07, 6.45) is 2.42. The van der Waals surface area contributed by atoms with Gasteiger partial charge in [0, 0.05) is 38.1 Å². The van der Waals surface area contributed by atoms with Gasteiger partial charge < -0.3 is 4.52 Å². The molecular formula is C16H22N4OS. The van der Waals surface area contributed by atoms with Gasteiger partial charge in [0.15, 0.2) is 5.82 Å². The van der Waals surface area contributed by atoms with Gasteiger partial charge in [0.25, 0.3) is 0 Å². The average molecular weight is 318 g/mol. The van der Waals surface area contributed by atoms with Crippen molar-refractivity contribution in [3.8, 4) is 0 Å². The van der Waals surface area contributed by atoms with Crippen LogP contribution in [0.25, 0.3) is 0 Å². The predicted molar refractivity (Wildman–Crippen MR) is 85.9 cm³/mol. The van der Waals surface area contributed by atoms with E-state index in [-0.39, 0.29) is 0 Å². The molecule has 2 aromatic heterocycles. The van der Waals surface area contributed by atoms with Gasteiger partial charge in [-0.3, -0.25) is 9.80 Å². The topological polar surface area (TPSA) is 45.4 Å². The Labute approximate surface area is 134 Å². The predicted octanol–water partition coefficient (Wildman–Crippen LogP) is 2.89. The fourth-order valence-electron chi connectivity index (χ4n) is 3.06. The van der Waals surface area contributed by atoms with Crippen LogP contribution in [0.5, 0.6) is 0 Å². The van der Waals surface area contributed by atoms with Crippen LogP contribution in [0.2, 0.25) is 0 Å². The van der Waals surface area contributed by atoms with E-state index in [1.54, 1.807) is 11.3 Å². The zero-order chi connectivity index (χ0) is 14.9. The molecule has 6 heteroatoms. The van der Waals surface area contributed by atoms with Crippen LogP contribution in [0.15, 0.2) is 21.3 Å². The van der Waals surface area contributed by atoms with Gasteiger partial charge >= 0.3 is 0 Å². The Kier molecular flexibility index (Phi) is 3.98. The molecule has 0 amide bonds. The SMILES string of the molecule is C[C@@H](c1ccsc1)N1CCN(Cc2noc(C3CC3)n2)CC1. The van der Waals surface area contributed by atoms with E-state index in [1.165, 1.54) is 18.4 Å². The summed E-state index contributed by atoms with van der Waals surface area (Å²) >= 11 is 1.78. The molecule has 2 fully saturated rings. The highest BCUT2D eigenvalue weighted by molar-refractivity contribution is 7.07. The molecule has 0 bridgehead atoms. The Bertz CT molecular complexity index is 599. The summed E-state index contributed by atoms with van der Waals surface area (Å²) in [5.41, 5.74) is 1.44. The minimum absolute atomic E-state index is 0.514. The summed E-state index contributed by atoms with van der Waals surface area (Å²) in [6, 6.07) is 2.75. The second-order valence-electron chi connectivity index (χ2n) is 6.37. The summed E-state index contributed by atoms with van der Waals surface area (Å²) in [5, 5.41) is 8.55. The molecule has 2 aliphatic rings. The van der Waals surface area contributed by atoms with Gasteiger partial charge in [-0.1, -0.05) is 5.16 Å². The smallest absolute Gasteiger partial charge is 0.229 e. The van der Waals surface area contributed by atoms with E-state index in [1.807, 2.05) is 0 Å². The molecule has 1 atom stereocenters. The molecule has 1 aliphatic heterocycles. The third kappa shape index (κ3) is 3.09. The van der Waals surface area contributed by atoms with Crippen molar-refractivity contribution >= 4 is 11.3 Å². The van der Waals surface area contributed by atoms with E-state index in [9.17, 15) is 0 Å². The van der Waals surface area contributed by atoms with E-state index < -0.39 is 0 Å². The van der Waals surface area contributed by atoms with Gasteiger partial charge in [0.05, 0.1) is 6.54 Å². The molecule has 1 saturated carbocycles. The zero-order valence-electron chi connectivity index (χ0n) is 12.9. The van der Waals surface area contributed by atoms with E-state index in [0.717, 1.165) is 44.4 Å². The van der Waals surface area contributed by atoms with Crippen molar-refractivity contribution in [3.63, 3.8) is 0 Å². The Balaban J connectivity index is 1.29. The van der Waals surface area contributed by atoms with Gasteiger partial charge in [-0.2, -0.15) is 16.3 Å². The third-order valence-electron chi connectivity index (χ3n) is 4.76. The van der Waals surface area contributed by atoms with Crippen LogP contribution in [0.1, 0.15) is 49.0 Å². The number of hydrogen-bond acceptors (Lipinski definition) is 6. The highest BCUT2D eigenvalue weighted by Gasteiger charge is 2.30. The normalized spacial score (nSPS) is 22.0. The molecular weight excluding hydrogens is 296 g/mol. The van der Waals surface area contributed by atoms with Crippen molar-refractivity contribution in [2.24, 2.45) is 0 Å². The Morgan fingerprint density at radius 3 is 2.82 bits per heavy atom. The molecule has 5 nitrogen and oxygen atoms in total. The lowest BCUT2D eigenvalue weighted by Crippen LogP contribution is -2.46. The molecule has 22 heavy (non-hydrogen) atoms. The first-order valence-corrected chi connectivity index (χ1v) is 9.05. The van der Waals surface area contributed by atoms with Gasteiger partial charge in [0.2, 0.25) is 5.89 Å². The first-order valence-electron chi connectivity index (χ1n) is 8.10. The van der Waals surface area contributed by atoms with Crippen molar-refractivity contribution in [1.29, 1.82) is 0 Å². The Hall–Kier alpha value is -1.24. The fourth-order valence-corrected chi connectivity index (χ4v) is 3.81. The third-order valence-corrected chi connectivity index (χ3v) is 5.46. The molecule has 0 unspecified atom stereocenters. The van der Waals surface area contributed by atoms with Crippen molar-refractivity contribution in [3.05, 3.63) is 34.1 Å². The minimum atomic E-state index is 0.514. The van der Waals surface area contributed by atoms with E-state index in [0.29, 0.717) is 12.0 Å². The summed E-state index contributed by atoms with van der Waals surface area (Å²) in [6.45, 7) is 7.47. The van der Waals surface area contributed by atoms with Crippen LogP contribution in [0.4, 0.5) is 0 Å². The van der Waals surface area contributed by atoms with E-state index >= 15 is 0 Å². The van der Waals surface area contributed by atoms with E-state index in [4.69, 9.17) is 4.52 Å². The maximum absolute atomic E-state index is 5.34. The maximum atomic E-state index is 5.34. The van der Waals surface area contributed by atoms with Crippen LogP contribution in [0.3, 0.4) is 0 Å². The first kappa shape index (κ1) is 14.4. The van der Waals surface area contributed by atoms with Crippen LogP contribution in [-0.2, 0) is 6.54 Å². The van der Waals surface area contributed by atoms with Gasteiger partial charge in [-0.15, -0.1) is 0 Å². The van der Waals surface area contributed by atoms with Crippen molar-refractivity contribution < 1.29 is 4.52 Å². The Morgan fingerprint density at radius 1 is 1.32 bits per heavy atom. The lowest BCUT2D eigenvalue weighted by atomic mass is 10.1. The number of nitrogens with zero attached hydrogens (tertiary/aromatic N) is 4. The highest BCUT2D eigenvalue weighted by Crippen LogP contribution is 2.38. The standard InChI is InChI=1S/C16H22N4OS/c1-12(14-4-9-22-11-14)20-7-5-19(6-8-20)10-15-17-16(21-18-15)13-2-3-13/h4,9,11-13H,2-3,5-8,10H2,1H3/t12-/m0/s1. The number of thiophene rings is 1. The monoisotopic (exact) mass is 318 g/mol. The van der Waals surface area contributed by atoms with E-state index in [2.05, 4.69) is 43.7 Å². The number of piperazine rings is 1. The lowest BCUT2D eigenvalue weighted by molar-refractivity contribution is 0.0958. The van der Waals surface area contributed by atoms with Crippen molar-refractivity contribution in [2.75, 3.05) is 26.2 Å².